The summed E-state index contributed by atoms with van der Waals surface area (Å²) < 4.78 is 17.0. The lowest BCUT2D eigenvalue weighted by Gasteiger charge is -2.16. The molecule has 0 aliphatic heterocycles. The molecule has 0 aromatic heterocycles. The van der Waals surface area contributed by atoms with Crippen LogP contribution in [0.5, 0.6) is 17.2 Å². The van der Waals surface area contributed by atoms with Crippen LogP contribution >= 0.6 is 0 Å². The van der Waals surface area contributed by atoms with E-state index in [0.29, 0.717) is 55.5 Å². The first-order valence-corrected chi connectivity index (χ1v) is 8.80. The monoisotopic (exact) mass is 348 g/mol. The number of carbonyl (C=O) groups excluding carboxylic acids is 2. The predicted octanol–water partition coefficient (Wildman–Crippen LogP) is 4.22. The Balaban J connectivity index is 3.44. The summed E-state index contributed by atoms with van der Waals surface area (Å²) in [5, 5.41) is 0. The van der Waals surface area contributed by atoms with Crippen LogP contribution in [0.4, 0.5) is 0 Å². The highest BCUT2D eigenvalue weighted by molar-refractivity contribution is 6.22. The van der Waals surface area contributed by atoms with E-state index in [9.17, 15) is 9.59 Å². The highest BCUT2D eigenvalue weighted by Gasteiger charge is 2.17. The number of allylic oxidation sites excluding steroid dienone is 1. The van der Waals surface area contributed by atoms with Crippen LogP contribution in [0.15, 0.2) is 17.7 Å². The molecule has 138 valence electrons. The van der Waals surface area contributed by atoms with Gasteiger partial charge in [0.1, 0.15) is 0 Å². The van der Waals surface area contributed by atoms with Gasteiger partial charge in [-0.05, 0) is 57.9 Å². The number of benzene rings is 1. The Bertz CT molecular complexity index is 604. The van der Waals surface area contributed by atoms with Crippen LogP contribution in [0.2, 0.25) is 0 Å². The molecule has 0 spiro atoms. The average Bonchev–Trinajstić information content (AvgIpc) is 2.56. The Morgan fingerprint density at radius 2 is 1.44 bits per heavy atom. The highest BCUT2D eigenvalue weighted by atomic mass is 16.5. The zero-order chi connectivity index (χ0) is 18.8. The van der Waals surface area contributed by atoms with Crippen molar-refractivity contribution in [3.05, 3.63) is 23.3 Å². The number of rotatable bonds is 11. The SMILES string of the molecule is CCCC(=O)C(=Cc1cc(OCC)c(OCC)c(OCC)c1)C(C)=O. The number of hydrogen-bond donors (Lipinski definition) is 0. The van der Waals surface area contributed by atoms with E-state index < -0.39 is 0 Å². The minimum absolute atomic E-state index is 0.153. The van der Waals surface area contributed by atoms with Crippen molar-refractivity contribution in [2.45, 2.75) is 47.5 Å². The number of carbonyl (C=O) groups is 2. The van der Waals surface area contributed by atoms with Gasteiger partial charge in [-0.25, -0.2) is 0 Å². The van der Waals surface area contributed by atoms with Gasteiger partial charge >= 0.3 is 0 Å². The van der Waals surface area contributed by atoms with E-state index in [1.807, 2.05) is 27.7 Å². The average molecular weight is 348 g/mol. The first kappa shape index (κ1) is 20.7. The Kier molecular flexibility index (Phi) is 8.75. The molecule has 0 fully saturated rings. The van der Waals surface area contributed by atoms with E-state index in [1.165, 1.54) is 6.92 Å². The van der Waals surface area contributed by atoms with Crippen LogP contribution in [0, 0.1) is 0 Å². The second-order valence-electron chi connectivity index (χ2n) is 5.43. The van der Waals surface area contributed by atoms with Crippen molar-refractivity contribution in [1.29, 1.82) is 0 Å². The van der Waals surface area contributed by atoms with Gasteiger partial charge < -0.3 is 14.2 Å². The lowest BCUT2D eigenvalue weighted by Crippen LogP contribution is -2.09. The van der Waals surface area contributed by atoms with Gasteiger partial charge in [-0.1, -0.05) is 6.92 Å². The summed E-state index contributed by atoms with van der Waals surface area (Å²) in [5.41, 5.74) is 0.862. The molecule has 1 aromatic carbocycles. The molecular weight excluding hydrogens is 320 g/mol. The van der Waals surface area contributed by atoms with Gasteiger partial charge in [-0.3, -0.25) is 9.59 Å². The summed E-state index contributed by atoms with van der Waals surface area (Å²) in [7, 11) is 0. The fourth-order valence-corrected chi connectivity index (χ4v) is 2.40. The topological polar surface area (TPSA) is 61.8 Å². The molecule has 0 unspecified atom stereocenters. The van der Waals surface area contributed by atoms with E-state index in [4.69, 9.17) is 14.2 Å². The summed E-state index contributed by atoms with van der Waals surface area (Å²) in [4.78, 5) is 24.1. The van der Waals surface area contributed by atoms with Crippen molar-refractivity contribution in [2.75, 3.05) is 19.8 Å². The molecule has 5 heteroatoms. The molecule has 25 heavy (non-hydrogen) atoms. The second-order valence-corrected chi connectivity index (χ2v) is 5.43. The molecular formula is C20H28O5. The van der Waals surface area contributed by atoms with E-state index in [2.05, 4.69) is 0 Å². The summed E-state index contributed by atoms with van der Waals surface area (Å²) in [6.45, 7) is 10.4. The van der Waals surface area contributed by atoms with Gasteiger partial charge in [-0.15, -0.1) is 0 Å². The first-order valence-electron chi connectivity index (χ1n) is 8.80. The summed E-state index contributed by atoms with van der Waals surface area (Å²) in [5.74, 6) is 1.20. The van der Waals surface area contributed by atoms with Crippen LogP contribution in [0.3, 0.4) is 0 Å². The number of hydrogen-bond acceptors (Lipinski definition) is 5. The third kappa shape index (κ3) is 5.93. The van der Waals surface area contributed by atoms with Crippen LogP contribution in [-0.4, -0.2) is 31.4 Å². The summed E-state index contributed by atoms with van der Waals surface area (Å²) in [6.07, 6.45) is 2.64. The van der Waals surface area contributed by atoms with Crippen LogP contribution in [-0.2, 0) is 9.59 Å². The zero-order valence-electron chi connectivity index (χ0n) is 15.8. The maximum atomic E-state index is 12.2. The van der Waals surface area contributed by atoms with Crippen molar-refractivity contribution < 1.29 is 23.8 Å². The third-order valence-corrected chi connectivity index (χ3v) is 3.40. The van der Waals surface area contributed by atoms with Crippen molar-refractivity contribution in [2.24, 2.45) is 0 Å². The van der Waals surface area contributed by atoms with Crippen molar-refractivity contribution in [3.8, 4) is 17.2 Å². The molecule has 1 aromatic rings. The van der Waals surface area contributed by atoms with E-state index >= 15 is 0 Å². The Morgan fingerprint density at radius 3 is 1.84 bits per heavy atom. The summed E-state index contributed by atoms with van der Waals surface area (Å²) >= 11 is 0. The quantitative estimate of drug-likeness (QED) is 0.340. The van der Waals surface area contributed by atoms with Gasteiger partial charge in [0, 0.05) is 6.42 Å². The summed E-state index contributed by atoms with van der Waals surface area (Å²) in [6, 6.07) is 3.53. The van der Waals surface area contributed by atoms with Crippen LogP contribution in [0.1, 0.15) is 53.0 Å². The first-order chi connectivity index (χ1) is 12.0. The molecule has 0 aliphatic carbocycles. The molecule has 0 N–H and O–H groups in total. The van der Waals surface area contributed by atoms with Crippen molar-refractivity contribution in [3.63, 3.8) is 0 Å². The van der Waals surface area contributed by atoms with Gasteiger partial charge in [0.05, 0.1) is 25.4 Å². The smallest absolute Gasteiger partial charge is 0.203 e. The zero-order valence-corrected chi connectivity index (χ0v) is 15.8. The maximum Gasteiger partial charge on any atom is 0.203 e. The van der Waals surface area contributed by atoms with Crippen LogP contribution < -0.4 is 14.2 Å². The Hall–Kier alpha value is -2.30. The van der Waals surface area contributed by atoms with Crippen molar-refractivity contribution >= 4 is 17.6 Å². The Labute approximate surface area is 150 Å². The van der Waals surface area contributed by atoms with Gasteiger partial charge in [0.15, 0.2) is 23.1 Å². The largest absolute Gasteiger partial charge is 0.490 e. The number of Topliss-reactive ketones (excluding diaryl/α,β-unsaturated/α-hetero) is 2. The predicted molar refractivity (Wildman–Crippen MR) is 98.5 cm³/mol. The van der Waals surface area contributed by atoms with Crippen molar-refractivity contribution in [1.82, 2.24) is 0 Å². The molecule has 0 amide bonds. The number of ether oxygens (including phenoxy) is 3. The molecule has 0 saturated heterocycles. The molecule has 1 rings (SSSR count). The molecule has 0 aliphatic rings. The van der Waals surface area contributed by atoms with E-state index in [0.717, 1.165) is 0 Å². The number of ketones is 2. The molecule has 0 heterocycles. The highest BCUT2D eigenvalue weighted by Crippen LogP contribution is 2.39. The molecule has 0 radical (unpaired) electrons. The normalized spacial score (nSPS) is 11.2. The lowest BCUT2D eigenvalue weighted by atomic mass is 10.0. The molecule has 0 bridgehead atoms. The van der Waals surface area contributed by atoms with E-state index in [-0.39, 0.29) is 17.1 Å². The van der Waals surface area contributed by atoms with Crippen LogP contribution in [0.25, 0.3) is 6.08 Å². The molecule has 5 nitrogen and oxygen atoms in total. The third-order valence-electron chi connectivity index (χ3n) is 3.40. The standard InChI is InChI=1S/C20H28O5/c1-6-10-17(22)16(14(5)21)11-15-12-18(23-7-2)20(25-9-4)19(13-15)24-8-3/h11-13H,6-10H2,1-5H3. The fraction of sp³-hybridized carbons (Fsp3) is 0.500. The van der Waals surface area contributed by atoms with E-state index in [1.54, 1.807) is 18.2 Å². The molecule has 0 atom stereocenters. The fourth-order valence-electron chi connectivity index (χ4n) is 2.40. The second kappa shape index (κ2) is 10.5. The van der Waals surface area contributed by atoms with Gasteiger partial charge in [-0.2, -0.15) is 0 Å². The van der Waals surface area contributed by atoms with Gasteiger partial charge in [0.25, 0.3) is 0 Å². The molecule has 0 saturated carbocycles. The maximum absolute atomic E-state index is 12.2. The van der Waals surface area contributed by atoms with Gasteiger partial charge in [0.2, 0.25) is 5.75 Å². The minimum atomic E-state index is -0.247. The Morgan fingerprint density at radius 1 is 0.920 bits per heavy atom. The lowest BCUT2D eigenvalue weighted by molar-refractivity contribution is -0.120. The minimum Gasteiger partial charge on any atom is -0.490 e.